The quantitative estimate of drug-likeness (QED) is 0.419. The third-order valence-electron chi connectivity index (χ3n) is 4.96. The van der Waals surface area contributed by atoms with Crippen LogP contribution in [-0.2, 0) is 11.2 Å². The van der Waals surface area contributed by atoms with Gasteiger partial charge in [0.05, 0.1) is 13.2 Å². The van der Waals surface area contributed by atoms with Crippen LogP contribution in [0.4, 0.5) is 4.79 Å². The highest BCUT2D eigenvalue weighted by Gasteiger charge is 2.19. The molecule has 0 bridgehead atoms. The summed E-state index contributed by atoms with van der Waals surface area (Å²) in [6, 6.07) is 14.7. The minimum Gasteiger partial charge on any atom is -0.497 e. The number of aromatic nitrogens is 3. The summed E-state index contributed by atoms with van der Waals surface area (Å²) in [6.45, 7) is 5.42. The number of carbonyl (C=O) groups excluding carboxylic acids is 1. The van der Waals surface area contributed by atoms with Gasteiger partial charge in [0, 0.05) is 29.8 Å². The first-order valence-electron chi connectivity index (χ1n) is 11.1. The molecule has 0 aliphatic heterocycles. The molecular weight excluding hydrogens is 444 g/mol. The lowest BCUT2D eigenvalue weighted by molar-refractivity contribution is 0.0516. The van der Waals surface area contributed by atoms with Crippen LogP contribution >= 0.6 is 0 Å². The predicted molar refractivity (Wildman–Crippen MR) is 132 cm³/mol. The Morgan fingerprint density at radius 2 is 1.91 bits per heavy atom. The molecule has 0 unspecified atom stereocenters. The SMILES string of the molecule is COc1ccc(C[C@@H](C#Cc2noc(-c3ccc4cnccc4c3)n2)NC(=O)OC(C)(C)C)cc1. The first-order chi connectivity index (χ1) is 16.8. The molecule has 0 saturated carbocycles. The van der Waals surface area contributed by atoms with Crippen molar-refractivity contribution in [3.05, 3.63) is 72.3 Å². The topological polar surface area (TPSA) is 99.4 Å². The Hall–Kier alpha value is -4.38. The summed E-state index contributed by atoms with van der Waals surface area (Å²) in [4.78, 5) is 20.9. The van der Waals surface area contributed by atoms with E-state index in [0.717, 1.165) is 27.6 Å². The zero-order valence-corrected chi connectivity index (χ0v) is 20.0. The predicted octanol–water partition coefficient (Wildman–Crippen LogP) is 4.78. The van der Waals surface area contributed by atoms with Gasteiger partial charge in [0.2, 0.25) is 5.82 Å². The zero-order chi connectivity index (χ0) is 24.8. The maximum atomic E-state index is 12.4. The van der Waals surface area contributed by atoms with E-state index in [9.17, 15) is 4.79 Å². The summed E-state index contributed by atoms with van der Waals surface area (Å²) >= 11 is 0. The van der Waals surface area contributed by atoms with E-state index in [1.54, 1.807) is 40.3 Å². The lowest BCUT2D eigenvalue weighted by Gasteiger charge is -2.21. The molecule has 0 fully saturated rings. The molecule has 2 heterocycles. The van der Waals surface area contributed by atoms with Crippen LogP contribution in [0.2, 0.25) is 0 Å². The monoisotopic (exact) mass is 470 g/mol. The molecule has 35 heavy (non-hydrogen) atoms. The molecule has 0 radical (unpaired) electrons. The summed E-state index contributed by atoms with van der Waals surface area (Å²) < 4.78 is 16.0. The van der Waals surface area contributed by atoms with Gasteiger partial charge in [-0.15, -0.1) is 0 Å². The summed E-state index contributed by atoms with van der Waals surface area (Å²) in [5.41, 5.74) is 1.13. The van der Waals surface area contributed by atoms with Gasteiger partial charge in [-0.05, 0) is 73.1 Å². The van der Waals surface area contributed by atoms with Crippen molar-refractivity contribution in [1.29, 1.82) is 0 Å². The van der Waals surface area contributed by atoms with Gasteiger partial charge in [0.25, 0.3) is 5.89 Å². The van der Waals surface area contributed by atoms with Crippen molar-refractivity contribution in [3.8, 4) is 29.0 Å². The number of pyridine rings is 1. The Balaban J connectivity index is 1.54. The largest absolute Gasteiger partial charge is 0.497 e. The summed E-state index contributed by atoms with van der Waals surface area (Å²) in [6.07, 6.45) is 3.44. The number of hydrogen-bond donors (Lipinski definition) is 1. The Morgan fingerprint density at radius 3 is 2.66 bits per heavy atom. The second-order valence-electron chi connectivity index (χ2n) is 8.88. The second-order valence-corrected chi connectivity index (χ2v) is 8.88. The van der Waals surface area contributed by atoms with E-state index in [2.05, 4.69) is 32.3 Å². The Morgan fingerprint density at radius 1 is 1.11 bits per heavy atom. The molecule has 4 rings (SSSR count). The van der Waals surface area contributed by atoms with Crippen LogP contribution in [-0.4, -0.2) is 40.0 Å². The Kier molecular flexibility index (Phi) is 6.97. The van der Waals surface area contributed by atoms with Gasteiger partial charge in [0.1, 0.15) is 11.4 Å². The van der Waals surface area contributed by atoms with Crippen molar-refractivity contribution in [2.75, 3.05) is 7.11 Å². The van der Waals surface area contributed by atoms with Gasteiger partial charge >= 0.3 is 6.09 Å². The number of hydrogen-bond acceptors (Lipinski definition) is 7. The van der Waals surface area contributed by atoms with Crippen molar-refractivity contribution in [1.82, 2.24) is 20.4 Å². The molecule has 0 saturated heterocycles. The third kappa shape index (κ3) is 6.58. The van der Waals surface area contributed by atoms with Crippen molar-refractivity contribution < 1.29 is 18.8 Å². The Labute approximate surface area is 203 Å². The fourth-order valence-electron chi connectivity index (χ4n) is 3.34. The highest BCUT2D eigenvalue weighted by atomic mass is 16.6. The highest BCUT2D eigenvalue weighted by Crippen LogP contribution is 2.22. The smallest absolute Gasteiger partial charge is 0.408 e. The summed E-state index contributed by atoms with van der Waals surface area (Å²) in [5.74, 6) is 7.28. The van der Waals surface area contributed by atoms with Gasteiger partial charge in [-0.1, -0.05) is 24.1 Å². The van der Waals surface area contributed by atoms with Crippen LogP contribution < -0.4 is 10.1 Å². The lowest BCUT2D eigenvalue weighted by atomic mass is 10.1. The molecule has 1 N–H and O–H groups in total. The second kappa shape index (κ2) is 10.3. The van der Waals surface area contributed by atoms with E-state index in [0.29, 0.717) is 12.3 Å². The Bertz CT molecular complexity index is 1380. The number of ether oxygens (including phenoxy) is 2. The van der Waals surface area contributed by atoms with Crippen molar-refractivity contribution in [3.63, 3.8) is 0 Å². The third-order valence-corrected chi connectivity index (χ3v) is 4.96. The first-order valence-corrected chi connectivity index (χ1v) is 11.1. The van der Waals surface area contributed by atoms with Crippen LogP contribution in [0.1, 0.15) is 32.2 Å². The molecule has 4 aromatic rings. The molecule has 0 aliphatic rings. The number of methoxy groups -OCH3 is 1. The van der Waals surface area contributed by atoms with Gasteiger partial charge in [-0.2, -0.15) is 4.98 Å². The van der Waals surface area contributed by atoms with Gasteiger partial charge in [-0.25, -0.2) is 4.79 Å². The van der Waals surface area contributed by atoms with Crippen LogP contribution in [0.15, 0.2) is 65.4 Å². The number of carbonyl (C=O) groups is 1. The molecule has 8 heteroatoms. The van der Waals surface area contributed by atoms with E-state index in [-0.39, 0.29) is 5.82 Å². The summed E-state index contributed by atoms with van der Waals surface area (Å²) in [5, 5.41) is 8.84. The fourth-order valence-corrected chi connectivity index (χ4v) is 3.34. The standard InChI is InChI=1S/C27H26N4O4/c1-27(2,3)34-26(32)29-22(15-18-5-10-23(33-4)11-6-18)9-12-24-30-25(35-31-24)20-7-8-21-17-28-14-13-19(21)16-20/h5-8,10-11,13-14,16-17,22H,15H2,1-4H3,(H,29,32)/t22-/m1/s1. The van der Waals surface area contributed by atoms with Crippen LogP contribution in [0.25, 0.3) is 22.2 Å². The molecule has 8 nitrogen and oxygen atoms in total. The minimum absolute atomic E-state index is 0.223. The summed E-state index contributed by atoms with van der Waals surface area (Å²) in [7, 11) is 1.61. The van der Waals surface area contributed by atoms with E-state index in [1.807, 2.05) is 48.5 Å². The molecule has 1 amide bonds. The van der Waals surface area contributed by atoms with Gasteiger partial charge in [0.15, 0.2) is 0 Å². The number of nitrogens with zero attached hydrogens (tertiary/aromatic N) is 3. The van der Waals surface area contributed by atoms with E-state index >= 15 is 0 Å². The maximum absolute atomic E-state index is 12.4. The highest BCUT2D eigenvalue weighted by molar-refractivity contribution is 5.85. The number of benzene rings is 2. The van der Waals surface area contributed by atoms with Crippen LogP contribution in [0, 0.1) is 11.8 Å². The number of amides is 1. The molecule has 1 atom stereocenters. The number of nitrogens with one attached hydrogen (secondary N) is 1. The molecule has 0 aliphatic carbocycles. The van der Waals surface area contributed by atoms with Crippen molar-refractivity contribution >= 4 is 16.9 Å². The molecule has 2 aromatic carbocycles. The number of rotatable bonds is 5. The van der Waals surface area contributed by atoms with Crippen LogP contribution in [0.5, 0.6) is 5.75 Å². The van der Waals surface area contributed by atoms with Gasteiger partial charge in [-0.3, -0.25) is 4.98 Å². The normalized spacial score (nSPS) is 11.9. The maximum Gasteiger partial charge on any atom is 0.408 e. The molecular formula is C27H26N4O4. The van der Waals surface area contributed by atoms with Crippen LogP contribution in [0.3, 0.4) is 0 Å². The lowest BCUT2D eigenvalue weighted by Crippen LogP contribution is -2.39. The average molecular weight is 471 g/mol. The van der Waals surface area contributed by atoms with Crippen molar-refractivity contribution in [2.24, 2.45) is 0 Å². The van der Waals surface area contributed by atoms with Crippen molar-refractivity contribution in [2.45, 2.75) is 38.8 Å². The number of alkyl carbamates (subject to hydrolysis) is 1. The fraction of sp³-hybridized carbons (Fsp3) is 0.259. The minimum atomic E-state index is -0.624. The first kappa shape index (κ1) is 23.8. The van der Waals surface area contributed by atoms with Gasteiger partial charge < -0.3 is 19.3 Å². The molecule has 0 spiro atoms. The average Bonchev–Trinajstić information content (AvgIpc) is 3.30. The van der Waals surface area contributed by atoms with E-state index in [4.69, 9.17) is 14.0 Å². The van der Waals surface area contributed by atoms with E-state index in [1.165, 1.54) is 0 Å². The molecule has 178 valence electrons. The zero-order valence-electron chi connectivity index (χ0n) is 20.0. The number of fused-ring (bicyclic) bond motifs is 1. The van der Waals surface area contributed by atoms with E-state index < -0.39 is 17.7 Å². The molecule has 2 aromatic heterocycles.